The highest BCUT2D eigenvalue weighted by molar-refractivity contribution is 6.16. The third-order valence-corrected chi connectivity index (χ3v) is 4.45. The zero-order valence-corrected chi connectivity index (χ0v) is 13.9. The fourth-order valence-electron chi connectivity index (χ4n) is 3.23. The number of nitrogens with zero attached hydrogens (tertiary/aromatic N) is 2. The monoisotopic (exact) mass is 370 g/mol. The van der Waals surface area contributed by atoms with Crippen LogP contribution in [-0.4, -0.2) is 42.2 Å². The van der Waals surface area contributed by atoms with Gasteiger partial charge < -0.3 is 9.64 Å². The van der Waals surface area contributed by atoms with E-state index in [1.165, 1.54) is 0 Å². The first-order valence-corrected chi connectivity index (χ1v) is 7.71. The third kappa shape index (κ3) is 2.66. The van der Waals surface area contributed by atoms with E-state index >= 15 is 0 Å². The van der Waals surface area contributed by atoms with E-state index < -0.39 is 42.1 Å². The van der Waals surface area contributed by atoms with Gasteiger partial charge in [0.05, 0.1) is 17.7 Å². The van der Waals surface area contributed by atoms with Crippen LogP contribution in [-0.2, 0) is 11.2 Å². The van der Waals surface area contributed by atoms with Gasteiger partial charge in [0, 0.05) is 19.0 Å². The van der Waals surface area contributed by atoms with E-state index in [1.807, 2.05) is 0 Å². The van der Waals surface area contributed by atoms with Gasteiger partial charge in [-0.05, 0) is 13.0 Å². The Kier molecular flexibility index (Phi) is 4.09. The Morgan fingerprint density at radius 1 is 1.31 bits per heavy atom. The van der Waals surface area contributed by atoms with E-state index in [0.29, 0.717) is 9.80 Å². The number of rotatable bonds is 1. The normalized spacial score (nSPS) is 23.0. The fourth-order valence-corrected chi connectivity index (χ4v) is 3.23. The number of benzene rings is 1. The highest BCUT2D eigenvalue weighted by atomic mass is 19.4. The second-order valence-electron chi connectivity index (χ2n) is 6.22. The van der Waals surface area contributed by atoms with E-state index in [1.54, 1.807) is 6.92 Å². The van der Waals surface area contributed by atoms with Crippen molar-refractivity contribution in [2.45, 2.75) is 38.1 Å². The van der Waals surface area contributed by atoms with Crippen molar-refractivity contribution in [3.63, 3.8) is 0 Å². The maximum atomic E-state index is 14.7. The molecule has 0 spiro atoms. The smallest absolute Gasteiger partial charge is 0.409 e. The topological polar surface area (TPSA) is 49.9 Å². The molecule has 1 fully saturated rings. The predicted molar refractivity (Wildman–Crippen MR) is 83.2 cm³/mol. The van der Waals surface area contributed by atoms with Crippen LogP contribution in [0.25, 0.3) is 0 Å². The van der Waals surface area contributed by atoms with Crippen LogP contribution in [0, 0.1) is 18.2 Å². The predicted octanol–water partition coefficient (Wildman–Crippen LogP) is 2.85. The molecule has 0 aromatic heterocycles. The highest BCUT2D eigenvalue weighted by Crippen LogP contribution is 2.43. The van der Waals surface area contributed by atoms with Gasteiger partial charge in [-0.2, -0.15) is 13.2 Å². The molecule has 5 nitrogen and oxygen atoms in total. The molecule has 0 bridgehead atoms. The van der Waals surface area contributed by atoms with Crippen LogP contribution in [0.5, 0.6) is 5.75 Å². The first-order valence-electron chi connectivity index (χ1n) is 7.71. The van der Waals surface area contributed by atoms with Crippen molar-refractivity contribution >= 4 is 17.6 Å². The van der Waals surface area contributed by atoms with Gasteiger partial charge in [-0.15, -0.1) is 6.42 Å². The molecule has 2 atom stereocenters. The number of amides is 3. The Labute approximate surface area is 146 Å². The van der Waals surface area contributed by atoms with Crippen LogP contribution in [0.2, 0.25) is 0 Å². The van der Waals surface area contributed by atoms with Gasteiger partial charge in [-0.3, -0.25) is 4.79 Å². The molecule has 1 saturated heterocycles. The van der Waals surface area contributed by atoms with Crippen molar-refractivity contribution in [2.24, 2.45) is 0 Å². The number of anilines is 1. The van der Waals surface area contributed by atoms with E-state index in [4.69, 9.17) is 11.2 Å². The molecule has 3 amide bonds. The summed E-state index contributed by atoms with van der Waals surface area (Å²) in [5, 5.41) is 0. The number of ether oxygens (including phenoxy) is 1. The average molecular weight is 370 g/mol. The van der Waals surface area contributed by atoms with E-state index in [9.17, 15) is 27.2 Å². The third-order valence-electron chi connectivity index (χ3n) is 4.45. The van der Waals surface area contributed by atoms with Gasteiger partial charge in [0.15, 0.2) is 0 Å². The lowest BCUT2D eigenvalue weighted by molar-refractivity contribution is -0.179. The van der Waals surface area contributed by atoms with E-state index in [2.05, 4.69) is 5.92 Å². The first-order chi connectivity index (χ1) is 12.1. The van der Waals surface area contributed by atoms with Crippen LogP contribution in [0.1, 0.15) is 24.5 Å². The second-order valence-corrected chi connectivity index (χ2v) is 6.22. The zero-order valence-electron chi connectivity index (χ0n) is 13.9. The Morgan fingerprint density at radius 2 is 1.96 bits per heavy atom. The van der Waals surface area contributed by atoms with Gasteiger partial charge in [-0.25, -0.2) is 14.1 Å². The number of urea groups is 1. The summed E-state index contributed by atoms with van der Waals surface area (Å²) >= 11 is 0. The number of terminal acetylenes is 1. The van der Waals surface area contributed by atoms with Crippen molar-refractivity contribution in [1.29, 1.82) is 0 Å². The first kappa shape index (κ1) is 18.0. The Bertz CT molecular complexity index is 844. The number of carbonyl (C=O) groups excluding carboxylic acids is 2. The molecule has 2 aliphatic rings. The van der Waals surface area contributed by atoms with E-state index in [0.717, 1.165) is 13.1 Å². The molecule has 3 rings (SSSR count). The summed E-state index contributed by atoms with van der Waals surface area (Å²) in [6.07, 6.45) is -0.642. The maximum Gasteiger partial charge on any atom is 0.409 e. The number of hydrogen-bond donors (Lipinski definition) is 0. The molecule has 0 saturated carbocycles. The van der Waals surface area contributed by atoms with Crippen molar-refractivity contribution in [1.82, 2.24) is 4.90 Å². The SMILES string of the molecule is C#Cc1cc(F)c(N2C(=O)CC(C(F)(F)F)N(C)C2=O)c2c1OC(C)C2. The summed E-state index contributed by atoms with van der Waals surface area (Å²) in [5.41, 5.74) is -0.0825. The molecular weight excluding hydrogens is 356 g/mol. The molecule has 138 valence electrons. The molecule has 9 heteroatoms. The van der Waals surface area contributed by atoms with Gasteiger partial charge in [0.2, 0.25) is 5.91 Å². The summed E-state index contributed by atoms with van der Waals surface area (Å²) in [6.45, 7) is 1.69. The number of hydrogen-bond acceptors (Lipinski definition) is 3. The highest BCUT2D eigenvalue weighted by Gasteiger charge is 2.52. The van der Waals surface area contributed by atoms with Crippen molar-refractivity contribution in [2.75, 3.05) is 11.9 Å². The summed E-state index contributed by atoms with van der Waals surface area (Å²) in [6, 6.07) is -2.57. The molecule has 2 heterocycles. The number of carbonyl (C=O) groups is 2. The van der Waals surface area contributed by atoms with Crippen LogP contribution >= 0.6 is 0 Å². The van der Waals surface area contributed by atoms with Crippen molar-refractivity contribution in [3.05, 3.63) is 23.0 Å². The summed E-state index contributed by atoms with van der Waals surface area (Å²) < 4.78 is 59.3. The van der Waals surface area contributed by atoms with Gasteiger partial charge in [0.1, 0.15) is 23.7 Å². The Hall–Kier alpha value is -2.76. The zero-order chi connectivity index (χ0) is 19.4. The number of fused-ring (bicyclic) bond motifs is 1. The standard InChI is InChI=1S/C17H14F4N2O3/c1-4-9-6-11(18)14(10-5-8(2)26-15(9)10)23-13(24)7-12(17(19,20)21)22(3)16(23)25/h1,6,8,12H,5,7H2,2-3H3. The second kappa shape index (κ2) is 5.90. The minimum atomic E-state index is -4.77. The van der Waals surface area contributed by atoms with Crippen LogP contribution in [0.3, 0.4) is 0 Å². The summed E-state index contributed by atoms with van der Waals surface area (Å²) in [4.78, 5) is 25.6. The molecule has 1 aromatic rings. The minimum Gasteiger partial charge on any atom is -0.489 e. The quantitative estimate of drug-likeness (QED) is 0.564. The van der Waals surface area contributed by atoms with Crippen molar-refractivity contribution in [3.8, 4) is 18.1 Å². The van der Waals surface area contributed by atoms with Crippen molar-refractivity contribution < 1.29 is 31.9 Å². The Morgan fingerprint density at radius 3 is 2.54 bits per heavy atom. The van der Waals surface area contributed by atoms with Gasteiger partial charge in [0.25, 0.3) is 0 Å². The average Bonchev–Trinajstić information content (AvgIpc) is 2.92. The Balaban J connectivity index is 2.11. The largest absolute Gasteiger partial charge is 0.489 e. The molecule has 2 unspecified atom stereocenters. The summed E-state index contributed by atoms with van der Waals surface area (Å²) in [7, 11) is 0.924. The summed E-state index contributed by atoms with van der Waals surface area (Å²) in [5.74, 6) is 0.331. The maximum absolute atomic E-state index is 14.7. The van der Waals surface area contributed by atoms with E-state index in [-0.39, 0.29) is 29.4 Å². The van der Waals surface area contributed by atoms with Crippen LogP contribution in [0.4, 0.5) is 28.0 Å². The molecule has 0 aliphatic carbocycles. The van der Waals surface area contributed by atoms with Crippen LogP contribution < -0.4 is 9.64 Å². The molecule has 0 radical (unpaired) electrons. The molecule has 2 aliphatic heterocycles. The lowest BCUT2D eigenvalue weighted by Crippen LogP contribution is -2.60. The molecule has 1 aromatic carbocycles. The number of halogens is 4. The van der Waals surface area contributed by atoms with Gasteiger partial charge >= 0.3 is 12.2 Å². The minimum absolute atomic E-state index is 0.115. The molecule has 26 heavy (non-hydrogen) atoms. The lowest BCUT2D eigenvalue weighted by Gasteiger charge is -2.39. The van der Waals surface area contributed by atoms with Crippen LogP contribution in [0.15, 0.2) is 6.07 Å². The molecule has 0 N–H and O–H groups in total. The van der Waals surface area contributed by atoms with Gasteiger partial charge in [-0.1, -0.05) is 5.92 Å². The number of alkyl halides is 3. The lowest BCUT2D eigenvalue weighted by atomic mass is 10.0. The number of imide groups is 1. The molecular formula is C17H14F4N2O3. The fraction of sp³-hybridized carbons (Fsp3) is 0.412.